The van der Waals surface area contributed by atoms with Crippen LogP contribution in [0.3, 0.4) is 0 Å². The highest BCUT2D eigenvalue weighted by molar-refractivity contribution is 5.25. The summed E-state index contributed by atoms with van der Waals surface area (Å²) >= 11 is 0. The highest BCUT2D eigenvalue weighted by atomic mass is 19.4. The summed E-state index contributed by atoms with van der Waals surface area (Å²) in [6.45, 7) is 0. The highest BCUT2D eigenvalue weighted by Crippen LogP contribution is 2.32. The van der Waals surface area contributed by atoms with Crippen molar-refractivity contribution in [3.8, 4) is 0 Å². The molecule has 0 saturated carbocycles. The second kappa shape index (κ2) is 2.43. The van der Waals surface area contributed by atoms with Gasteiger partial charge in [-0.3, -0.25) is 0 Å². The van der Waals surface area contributed by atoms with Gasteiger partial charge in [0, 0.05) is 5.21 Å². The lowest BCUT2D eigenvalue weighted by atomic mass is 10.4. The van der Waals surface area contributed by atoms with Crippen molar-refractivity contribution in [3.05, 3.63) is 15.8 Å². The van der Waals surface area contributed by atoms with Gasteiger partial charge in [0.1, 0.15) is 0 Å². The molecule has 9 heteroatoms. The Bertz CT molecular complexity index is 305. The number of hydrogen-bond acceptors (Lipinski definition) is 4. The Hall–Kier alpha value is -1.67. The molecule has 1 heterocycles. The predicted octanol–water partition coefficient (Wildman–Crippen LogP) is 0.732. The normalized spacial score (nSPS) is 11.6. The minimum atomic E-state index is -4.85. The first-order valence-electron chi connectivity index (χ1n) is 2.55. The topological polar surface area (TPSA) is 84.7 Å². The van der Waals surface area contributed by atoms with E-state index in [4.69, 9.17) is 0 Å². The minimum absolute atomic E-state index is 1.23. The molecule has 1 N–H and O–H groups in total. The van der Waals surface area contributed by atoms with Gasteiger partial charge in [-0.2, -0.15) is 13.2 Å². The second-order valence-electron chi connectivity index (χ2n) is 1.76. The first-order chi connectivity index (χ1) is 5.43. The summed E-state index contributed by atoms with van der Waals surface area (Å²) < 4.78 is 35.4. The van der Waals surface area contributed by atoms with Gasteiger partial charge < -0.3 is 10.1 Å². The first-order valence-corrected chi connectivity index (χ1v) is 2.55. The Labute approximate surface area is 62.5 Å². The van der Waals surface area contributed by atoms with Gasteiger partial charge >= 0.3 is 12.0 Å². The van der Waals surface area contributed by atoms with Gasteiger partial charge in [-0.15, -0.1) is 5.10 Å². The fourth-order valence-corrected chi connectivity index (χ4v) is 0.541. The van der Waals surface area contributed by atoms with Crippen molar-refractivity contribution in [2.45, 2.75) is 6.18 Å². The summed E-state index contributed by atoms with van der Waals surface area (Å²) in [6, 6.07) is 0. The Morgan fingerprint density at radius 3 is 2.42 bits per heavy atom. The zero-order chi connectivity index (χ0) is 9.35. The van der Waals surface area contributed by atoms with Crippen molar-refractivity contribution in [1.82, 2.24) is 15.4 Å². The lowest BCUT2D eigenvalue weighted by Gasteiger charge is -1.99. The third kappa shape index (κ3) is 1.33. The molecule has 0 bridgehead atoms. The summed E-state index contributed by atoms with van der Waals surface area (Å²) in [5.74, 6) is -1.25. The molecule has 0 unspecified atom stereocenters. The molecule has 0 saturated heterocycles. The molecule has 0 amide bonds. The Morgan fingerprint density at radius 1 is 1.50 bits per heavy atom. The molecule has 0 aliphatic rings. The summed E-state index contributed by atoms with van der Waals surface area (Å²) in [7, 11) is 0. The second-order valence-corrected chi connectivity index (χ2v) is 1.76. The molecule has 0 spiro atoms. The molecular weight excluding hydrogens is 181 g/mol. The summed E-state index contributed by atoms with van der Waals surface area (Å²) in [5, 5.41) is 16.7. The maximum atomic E-state index is 11.8. The molecule has 1 aromatic heterocycles. The third-order valence-electron chi connectivity index (χ3n) is 0.981. The fraction of sp³-hybridized carbons (Fsp3) is 0.333. The molecule has 1 aromatic rings. The summed E-state index contributed by atoms with van der Waals surface area (Å²) in [5.41, 5.74) is -1.62. The monoisotopic (exact) mass is 182 g/mol. The molecule has 0 aliphatic carbocycles. The van der Waals surface area contributed by atoms with E-state index in [1.54, 1.807) is 0 Å². The number of nitrogens with one attached hydrogen (secondary N) is 1. The van der Waals surface area contributed by atoms with Crippen LogP contribution in [0.25, 0.3) is 0 Å². The molecule has 0 fully saturated rings. The van der Waals surface area contributed by atoms with E-state index in [-0.39, 0.29) is 0 Å². The van der Waals surface area contributed by atoms with Gasteiger partial charge in [-0.25, -0.2) is 0 Å². The number of rotatable bonds is 1. The van der Waals surface area contributed by atoms with Gasteiger partial charge in [0.15, 0.2) is 0 Å². The van der Waals surface area contributed by atoms with Crippen LogP contribution in [0.2, 0.25) is 0 Å². The Morgan fingerprint density at radius 2 is 2.08 bits per heavy atom. The van der Waals surface area contributed by atoms with Crippen LogP contribution < -0.4 is 0 Å². The highest BCUT2D eigenvalue weighted by Gasteiger charge is 2.42. The number of halogens is 3. The summed E-state index contributed by atoms with van der Waals surface area (Å²) in [6.07, 6.45) is -4.85. The van der Waals surface area contributed by atoms with Crippen molar-refractivity contribution in [1.29, 1.82) is 0 Å². The number of nitro groups is 1. The number of H-pyrrole nitrogens is 1. The van der Waals surface area contributed by atoms with E-state index >= 15 is 0 Å². The van der Waals surface area contributed by atoms with E-state index in [1.807, 2.05) is 0 Å². The van der Waals surface area contributed by atoms with E-state index in [0.29, 0.717) is 0 Å². The van der Waals surface area contributed by atoms with E-state index in [9.17, 15) is 23.3 Å². The lowest BCUT2D eigenvalue weighted by Crippen LogP contribution is -2.08. The quantitative estimate of drug-likeness (QED) is 0.512. The van der Waals surface area contributed by atoms with Gasteiger partial charge in [-0.1, -0.05) is 5.10 Å². The third-order valence-corrected chi connectivity index (χ3v) is 0.981. The molecule has 66 valence electrons. The van der Waals surface area contributed by atoms with Gasteiger partial charge in [-0.05, 0) is 4.92 Å². The number of alkyl halides is 3. The van der Waals surface area contributed by atoms with E-state index < -0.39 is 22.6 Å². The largest absolute Gasteiger partial charge is 0.443 e. The molecule has 6 nitrogen and oxygen atoms in total. The van der Waals surface area contributed by atoms with Crippen LogP contribution in [0.4, 0.5) is 19.0 Å². The molecule has 0 aliphatic heterocycles. The molecule has 0 radical (unpaired) electrons. The summed E-state index contributed by atoms with van der Waals surface area (Å²) in [4.78, 5) is 8.69. The van der Waals surface area contributed by atoms with Gasteiger partial charge in [0.25, 0.3) is 5.69 Å². The van der Waals surface area contributed by atoms with Crippen LogP contribution in [-0.2, 0) is 6.18 Å². The lowest BCUT2D eigenvalue weighted by molar-refractivity contribution is -0.392. The standard InChI is InChI=1S/C3HF3N4O2/c4-3(5,6)1-2(10(11)12)8-9-7-1/h(H,7,8,9). The van der Waals surface area contributed by atoms with Crippen molar-refractivity contribution < 1.29 is 18.1 Å². The molecule has 0 aromatic carbocycles. The van der Waals surface area contributed by atoms with E-state index in [2.05, 4.69) is 10.3 Å². The fourth-order valence-electron chi connectivity index (χ4n) is 0.541. The van der Waals surface area contributed by atoms with E-state index in [1.165, 1.54) is 5.10 Å². The number of aromatic nitrogens is 3. The maximum Gasteiger partial charge on any atom is 0.443 e. The van der Waals surface area contributed by atoms with Crippen LogP contribution in [0.15, 0.2) is 0 Å². The van der Waals surface area contributed by atoms with Crippen molar-refractivity contribution >= 4 is 5.82 Å². The van der Waals surface area contributed by atoms with E-state index in [0.717, 1.165) is 0 Å². The number of hydrogen-bond donors (Lipinski definition) is 1. The van der Waals surface area contributed by atoms with Crippen LogP contribution >= 0.6 is 0 Å². The maximum absolute atomic E-state index is 11.8. The molecular formula is C3HF3N4O2. The molecule has 1 rings (SSSR count). The van der Waals surface area contributed by atoms with Crippen molar-refractivity contribution in [2.75, 3.05) is 0 Å². The van der Waals surface area contributed by atoms with Crippen LogP contribution in [0.1, 0.15) is 5.69 Å². The van der Waals surface area contributed by atoms with Crippen LogP contribution in [0.5, 0.6) is 0 Å². The predicted molar refractivity (Wildman–Crippen MR) is 28.0 cm³/mol. The number of aromatic amines is 1. The van der Waals surface area contributed by atoms with Crippen molar-refractivity contribution in [2.24, 2.45) is 0 Å². The zero-order valence-corrected chi connectivity index (χ0v) is 5.29. The molecule has 0 atom stereocenters. The van der Waals surface area contributed by atoms with Crippen molar-refractivity contribution in [3.63, 3.8) is 0 Å². The zero-order valence-electron chi connectivity index (χ0n) is 5.29. The average Bonchev–Trinajstić information content (AvgIpc) is 2.30. The minimum Gasteiger partial charge on any atom is -0.358 e. The molecule has 12 heavy (non-hydrogen) atoms. The van der Waals surface area contributed by atoms with Crippen LogP contribution in [-0.4, -0.2) is 20.3 Å². The number of nitrogens with zero attached hydrogens (tertiary/aromatic N) is 3. The Kier molecular flexibility index (Phi) is 1.70. The van der Waals surface area contributed by atoms with Gasteiger partial charge in [0.05, 0.1) is 0 Å². The smallest absolute Gasteiger partial charge is 0.358 e. The first kappa shape index (κ1) is 8.43. The van der Waals surface area contributed by atoms with Gasteiger partial charge in [0.2, 0.25) is 0 Å². The Balaban J connectivity index is 3.17. The average molecular weight is 182 g/mol. The SMILES string of the molecule is O=[N+]([O-])c1[nH]nnc1C(F)(F)F. The van der Waals surface area contributed by atoms with Crippen LogP contribution in [0, 0.1) is 10.1 Å².